The summed E-state index contributed by atoms with van der Waals surface area (Å²) in [4.78, 5) is 14.0. The van der Waals surface area contributed by atoms with E-state index in [1.54, 1.807) is 11.8 Å². The molecular weight excluding hydrogens is 244 g/mol. The number of amides is 1. The maximum Gasteiger partial charge on any atom is 0.259 e. The first-order chi connectivity index (χ1) is 9.16. The molecule has 1 aromatic carbocycles. The number of nitrogens with zero attached hydrogens (tertiary/aromatic N) is 2. The number of aliphatic hydroxyl groups is 1. The summed E-state index contributed by atoms with van der Waals surface area (Å²) >= 11 is 0. The number of rotatable bonds is 2. The maximum absolute atomic E-state index is 12.4. The first-order valence-electron chi connectivity index (χ1n) is 6.16. The third-order valence-electron chi connectivity index (χ3n) is 3.27. The number of β-amino-alcohol motifs (C(OH)–C–C–N with tert-alkyl or cyclic N) is 1. The van der Waals surface area contributed by atoms with Gasteiger partial charge in [0.2, 0.25) is 0 Å². The summed E-state index contributed by atoms with van der Waals surface area (Å²) in [5.41, 5.74) is 1.89. The fourth-order valence-electron chi connectivity index (χ4n) is 2.20. The Kier molecular flexibility index (Phi) is 2.83. The molecule has 5 nitrogen and oxygen atoms in total. The summed E-state index contributed by atoms with van der Waals surface area (Å²) in [7, 11) is 0. The topological polar surface area (TPSA) is 66.6 Å². The molecule has 19 heavy (non-hydrogen) atoms. The molecule has 0 atom stereocenters. The third kappa shape index (κ3) is 2.02. The van der Waals surface area contributed by atoms with Gasteiger partial charge in [-0.05, 0) is 6.92 Å². The molecule has 0 radical (unpaired) electrons. The van der Waals surface area contributed by atoms with Crippen LogP contribution in [-0.2, 0) is 0 Å². The Hall–Kier alpha value is -2.14. The van der Waals surface area contributed by atoms with Gasteiger partial charge in [0, 0.05) is 18.7 Å². The highest BCUT2D eigenvalue weighted by Crippen LogP contribution is 2.27. The fourth-order valence-corrected chi connectivity index (χ4v) is 2.20. The van der Waals surface area contributed by atoms with Gasteiger partial charge in [0.15, 0.2) is 0 Å². The summed E-state index contributed by atoms with van der Waals surface area (Å²) in [5.74, 6) is 0.369. The van der Waals surface area contributed by atoms with Crippen LogP contribution < -0.4 is 0 Å². The molecule has 1 amide bonds. The van der Waals surface area contributed by atoms with Crippen molar-refractivity contribution in [3.05, 3.63) is 41.7 Å². The zero-order chi connectivity index (χ0) is 13.4. The summed E-state index contributed by atoms with van der Waals surface area (Å²) in [6.07, 6.45) is -0.413. The van der Waals surface area contributed by atoms with E-state index in [1.165, 1.54) is 0 Å². The minimum absolute atomic E-state index is 0.136. The number of benzene rings is 1. The highest BCUT2D eigenvalue weighted by molar-refractivity contribution is 6.01. The molecule has 3 rings (SSSR count). The quantitative estimate of drug-likeness (QED) is 0.885. The van der Waals surface area contributed by atoms with Crippen LogP contribution in [0, 0.1) is 6.92 Å². The average Bonchev–Trinajstić information content (AvgIpc) is 2.77. The Morgan fingerprint density at radius 2 is 2.05 bits per heavy atom. The number of aryl methyl sites for hydroxylation is 1. The number of hydrogen-bond acceptors (Lipinski definition) is 4. The van der Waals surface area contributed by atoms with Crippen molar-refractivity contribution in [1.82, 2.24) is 10.1 Å². The molecule has 1 N–H and O–H groups in total. The van der Waals surface area contributed by atoms with Crippen LogP contribution in [0.1, 0.15) is 16.1 Å². The van der Waals surface area contributed by atoms with Crippen molar-refractivity contribution in [1.29, 1.82) is 0 Å². The van der Waals surface area contributed by atoms with Gasteiger partial charge in [-0.25, -0.2) is 0 Å². The number of hydrogen-bond donors (Lipinski definition) is 1. The van der Waals surface area contributed by atoms with Crippen LogP contribution in [0.2, 0.25) is 0 Å². The van der Waals surface area contributed by atoms with Gasteiger partial charge in [0.25, 0.3) is 5.91 Å². The molecule has 1 aromatic heterocycles. The molecule has 1 fully saturated rings. The minimum atomic E-state index is -0.413. The van der Waals surface area contributed by atoms with Gasteiger partial charge in [-0.3, -0.25) is 4.79 Å². The van der Waals surface area contributed by atoms with Crippen molar-refractivity contribution in [3.8, 4) is 11.3 Å². The normalized spacial score (nSPS) is 15.4. The summed E-state index contributed by atoms with van der Waals surface area (Å²) in [6, 6.07) is 9.46. The van der Waals surface area contributed by atoms with Crippen molar-refractivity contribution in [2.45, 2.75) is 13.0 Å². The minimum Gasteiger partial charge on any atom is -0.389 e. The number of aliphatic hydroxyl groups excluding tert-OH is 1. The van der Waals surface area contributed by atoms with Gasteiger partial charge >= 0.3 is 0 Å². The van der Waals surface area contributed by atoms with Crippen LogP contribution in [0.5, 0.6) is 0 Å². The molecule has 0 aliphatic carbocycles. The van der Waals surface area contributed by atoms with E-state index in [0.717, 1.165) is 5.56 Å². The van der Waals surface area contributed by atoms with Gasteiger partial charge < -0.3 is 14.5 Å². The van der Waals surface area contributed by atoms with Crippen LogP contribution in [-0.4, -0.2) is 40.3 Å². The molecule has 0 unspecified atom stereocenters. The number of likely N-dealkylation sites (tertiary alicyclic amines) is 1. The van der Waals surface area contributed by atoms with Crippen molar-refractivity contribution >= 4 is 5.91 Å². The fraction of sp³-hybridized carbons (Fsp3) is 0.286. The summed E-state index contributed by atoms with van der Waals surface area (Å²) in [6.45, 7) is 2.47. The largest absolute Gasteiger partial charge is 0.389 e. The summed E-state index contributed by atoms with van der Waals surface area (Å²) in [5, 5.41) is 13.3. The number of aromatic nitrogens is 1. The summed E-state index contributed by atoms with van der Waals surface area (Å²) < 4.78 is 5.16. The molecule has 1 saturated heterocycles. The standard InChI is InChI=1S/C14H14N2O3/c1-9-12(14(18)16-7-11(17)8-16)13(15-19-9)10-5-3-2-4-6-10/h2-6,11,17H,7-8H2,1H3. The van der Waals surface area contributed by atoms with E-state index in [4.69, 9.17) is 4.52 Å². The molecule has 1 aliphatic rings. The molecule has 2 aromatic rings. The molecule has 0 spiro atoms. The molecule has 2 heterocycles. The molecule has 5 heteroatoms. The van der Waals surface area contributed by atoms with E-state index in [9.17, 15) is 9.90 Å². The zero-order valence-corrected chi connectivity index (χ0v) is 10.5. The first kappa shape index (κ1) is 11.9. The molecule has 0 saturated carbocycles. The third-order valence-corrected chi connectivity index (χ3v) is 3.27. The Morgan fingerprint density at radius 1 is 1.37 bits per heavy atom. The number of carbonyl (C=O) groups excluding carboxylic acids is 1. The van der Waals surface area contributed by atoms with Gasteiger partial charge in [-0.15, -0.1) is 0 Å². The second kappa shape index (κ2) is 4.51. The highest BCUT2D eigenvalue weighted by Gasteiger charge is 2.33. The Labute approximate surface area is 110 Å². The van der Waals surface area contributed by atoms with Crippen LogP contribution in [0.15, 0.2) is 34.9 Å². The van der Waals surface area contributed by atoms with Gasteiger partial charge in [0.1, 0.15) is 17.0 Å². The Bertz CT molecular complexity index is 600. The van der Waals surface area contributed by atoms with Crippen LogP contribution in [0.25, 0.3) is 11.3 Å². The van der Waals surface area contributed by atoms with Crippen LogP contribution in [0.3, 0.4) is 0 Å². The molecule has 1 aliphatic heterocycles. The van der Waals surface area contributed by atoms with Gasteiger partial charge in [-0.1, -0.05) is 35.5 Å². The lowest BCUT2D eigenvalue weighted by Gasteiger charge is -2.35. The van der Waals surface area contributed by atoms with E-state index in [0.29, 0.717) is 30.1 Å². The van der Waals surface area contributed by atoms with E-state index >= 15 is 0 Å². The van der Waals surface area contributed by atoms with Crippen LogP contribution in [0.4, 0.5) is 0 Å². The van der Waals surface area contributed by atoms with Gasteiger partial charge in [-0.2, -0.15) is 0 Å². The Morgan fingerprint density at radius 3 is 2.68 bits per heavy atom. The van der Waals surface area contributed by atoms with E-state index < -0.39 is 6.10 Å². The molecule has 98 valence electrons. The van der Waals surface area contributed by atoms with Gasteiger partial charge in [0.05, 0.1) is 6.10 Å². The lowest BCUT2D eigenvalue weighted by molar-refractivity contribution is 0.00582. The highest BCUT2D eigenvalue weighted by atomic mass is 16.5. The average molecular weight is 258 g/mol. The smallest absolute Gasteiger partial charge is 0.259 e. The SMILES string of the molecule is Cc1onc(-c2ccccc2)c1C(=O)N1CC(O)C1. The lowest BCUT2D eigenvalue weighted by Crippen LogP contribution is -2.53. The predicted octanol–water partition coefficient (Wildman–Crippen LogP) is 1.47. The van der Waals surface area contributed by atoms with Crippen LogP contribution >= 0.6 is 0 Å². The van der Waals surface area contributed by atoms with E-state index in [1.807, 2.05) is 30.3 Å². The maximum atomic E-state index is 12.4. The Balaban J connectivity index is 1.97. The van der Waals surface area contributed by atoms with Crippen molar-refractivity contribution in [3.63, 3.8) is 0 Å². The zero-order valence-electron chi connectivity index (χ0n) is 10.5. The van der Waals surface area contributed by atoms with Crippen molar-refractivity contribution in [2.24, 2.45) is 0 Å². The lowest BCUT2D eigenvalue weighted by atomic mass is 10.0. The number of carbonyl (C=O) groups is 1. The van der Waals surface area contributed by atoms with E-state index in [2.05, 4.69) is 5.16 Å². The van der Waals surface area contributed by atoms with E-state index in [-0.39, 0.29) is 5.91 Å². The predicted molar refractivity (Wildman–Crippen MR) is 68.6 cm³/mol. The molecular formula is C14H14N2O3. The molecule has 0 bridgehead atoms. The van der Waals surface area contributed by atoms with Crippen molar-refractivity contribution < 1.29 is 14.4 Å². The second-order valence-electron chi connectivity index (χ2n) is 4.69. The van der Waals surface area contributed by atoms with Crippen molar-refractivity contribution in [2.75, 3.05) is 13.1 Å². The monoisotopic (exact) mass is 258 g/mol. The first-order valence-corrected chi connectivity index (χ1v) is 6.16. The second-order valence-corrected chi connectivity index (χ2v) is 4.69.